The second kappa shape index (κ2) is 7.30. The van der Waals surface area contributed by atoms with Gasteiger partial charge < -0.3 is 14.4 Å². The van der Waals surface area contributed by atoms with Crippen LogP contribution in [0.5, 0.6) is 11.5 Å². The van der Waals surface area contributed by atoms with Crippen LogP contribution in [-0.4, -0.2) is 14.7 Å². The van der Waals surface area contributed by atoms with Gasteiger partial charge in [-0.1, -0.05) is 6.07 Å². The van der Waals surface area contributed by atoms with Crippen molar-refractivity contribution in [3.63, 3.8) is 0 Å². The standard InChI is InChI=1S/C22H18F2N2O3S/c1-22(2,28)12-4-5-18(29-19-16(23)9-25-10-17(19)24)14(8-12)15-11-26(3)21(27)20-13(15)6-7-30-20/h4-11,28H,1-3H3. The summed E-state index contributed by atoms with van der Waals surface area (Å²) in [6.45, 7) is 3.27. The fraction of sp³-hybridized carbons (Fsp3) is 0.182. The molecule has 0 saturated carbocycles. The summed E-state index contributed by atoms with van der Waals surface area (Å²) in [4.78, 5) is 15.9. The molecule has 4 aromatic rings. The molecule has 30 heavy (non-hydrogen) atoms. The van der Waals surface area contributed by atoms with Crippen LogP contribution in [0.25, 0.3) is 21.2 Å². The highest BCUT2D eigenvalue weighted by Gasteiger charge is 2.22. The molecule has 4 rings (SSSR count). The van der Waals surface area contributed by atoms with Gasteiger partial charge in [0.2, 0.25) is 5.75 Å². The number of benzene rings is 1. The normalized spacial score (nSPS) is 11.8. The number of aliphatic hydroxyl groups is 1. The summed E-state index contributed by atoms with van der Waals surface area (Å²) in [5, 5.41) is 13.0. The van der Waals surface area contributed by atoms with Crippen molar-refractivity contribution in [2.75, 3.05) is 0 Å². The average molecular weight is 428 g/mol. The zero-order valence-electron chi connectivity index (χ0n) is 16.4. The van der Waals surface area contributed by atoms with Crippen LogP contribution in [0.2, 0.25) is 0 Å². The van der Waals surface area contributed by atoms with E-state index in [1.165, 1.54) is 15.9 Å². The van der Waals surface area contributed by atoms with Crippen molar-refractivity contribution < 1.29 is 18.6 Å². The lowest BCUT2D eigenvalue weighted by Crippen LogP contribution is -2.16. The Bertz CT molecular complexity index is 1300. The minimum Gasteiger partial charge on any atom is -0.450 e. The third-order valence-electron chi connectivity index (χ3n) is 4.79. The van der Waals surface area contributed by atoms with Gasteiger partial charge in [0.25, 0.3) is 5.56 Å². The molecule has 8 heteroatoms. The molecule has 0 spiro atoms. The van der Waals surface area contributed by atoms with E-state index >= 15 is 0 Å². The first-order valence-electron chi connectivity index (χ1n) is 9.08. The number of aromatic nitrogens is 2. The molecule has 0 fully saturated rings. The quantitative estimate of drug-likeness (QED) is 0.499. The van der Waals surface area contributed by atoms with E-state index in [9.17, 15) is 18.7 Å². The Morgan fingerprint density at radius 2 is 1.83 bits per heavy atom. The Kier molecular flexibility index (Phi) is 4.91. The summed E-state index contributed by atoms with van der Waals surface area (Å²) < 4.78 is 35.9. The fourth-order valence-corrected chi connectivity index (χ4v) is 4.09. The number of nitrogens with zero attached hydrogens (tertiary/aromatic N) is 2. The van der Waals surface area contributed by atoms with Crippen molar-refractivity contribution in [2.24, 2.45) is 7.05 Å². The van der Waals surface area contributed by atoms with Crippen molar-refractivity contribution in [3.8, 4) is 22.6 Å². The Morgan fingerprint density at radius 3 is 2.50 bits per heavy atom. The van der Waals surface area contributed by atoms with Gasteiger partial charge in [0.15, 0.2) is 11.6 Å². The van der Waals surface area contributed by atoms with Crippen LogP contribution < -0.4 is 10.3 Å². The number of hydrogen-bond donors (Lipinski definition) is 1. The second-order valence-electron chi connectivity index (χ2n) is 7.43. The van der Waals surface area contributed by atoms with Crippen molar-refractivity contribution in [2.45, 2.75) is 19.4 Å². The Morgan fingerprint density at radius 1 is 1.13 bits per heavy atom. The van der Waals surface area contributed by atoms with E-state index in [1.54, 1.807) is 50.7 Å². The number of pyridine rings is 2. The summed E-state index contributed by atoms with van der Waals surface area (Å²) in [5.41, 5.74) is 0.414. The van der Waals surface area contributed by atoms with Gasteiger partial charge in [-0.15, -0.1) is 11.3 Å². The predicted octanol–water partition coefficient (Wildman–Crippen LogP) is 4.96. The smallest absolute Gasteiger partial charge is 0.268 e. The minimum absolute atomic E-state index is 0.143. The first-order chi connectivity index (χ1) is 14.2. The second-order valence-corrected chi connectivity index (χ2v) is 8.34. The monoisotopic (exact) mass is 428 g/mol. The Balaban J connectivity index is 1.99. The lowest BCUT2D eigenvalue weighted by atomic mass is 9.93. The molecule has 154 valence electrons. The molecule has 5 nitrogen and oxygen atoms in total. The van der Waals surface area contributed by atoms with Gasteiger partial charge in [0, 0.05) is 29.8 Å². The number of rotatable bonds is 4. The highest BCUT2D eigenvalue weighted by molar-refractivity contribution is 7.17. The molecule has 0 aliphatic rings. The van der Waals surface area contributed by atoms with Crippen LogP contribution in [0.15, 0.2) is 53.0 Å². The maximum absolute atomic E-state index is 14.1. The van der Waals surface area contributed by atoms with Gasteiger partial charge in [-0.25, -0.2) is 8.78 Å². The van der Waals surface area contributed by atoms with Crippen molar-refractivity contribution in [3.05, 3.63) is 75.8 Å². The van der Waals surface area contributed by atoms with Crippen molar-refractivity contribution in [1.82, 2.24) is 9.55 Å². The first kappa shape index (κ1) is 20.2. The van der Waals surface area contributed by atoms with E-state index in [0.29, 0.717) is 26.8 Å². The number of aryl methyl sites for hydroxylation is 1. The number of ether oxygens (including phenoxy) is 1. The zero-order valence-corrected chi connectivity index (χ0v) is 17.3. The van der Waals surface area contributed by atoms with Gasteiger partial charge in [-0.3, -0.25) is 9.78 Å². The van der Waals surface area contributed by atoms with Crippen LogP contribution in [0.3, 0.4) is 0 Å². The average Bonchev–Trinajstić information content (AvgIpc) is 3.17. The summed E-state index contributed by atoms with van der Waals surface area (Å²) in [6, 6.07) is 6.68. The molecule has 1 N–H and O–H groups in total. The maximum Gasteiger partial charge on any atom is 0.268 e. The largest absolute Gasteiger partial charge is 0.450 e. The number of hydrogen-bond acceptors (Lipinski definition) is 5. The van der Waals surface area contributed by atoms with Crippen molar-refractivity contribution >= 4 is 21.4 Å². The summed E-state index contributed by atoms with van der Waals surface area (Å²) in [5.74, 6) is -2.27. The molecule has 0 saturated heterocycles. The molecule has 0 atom stereocenters. The van der Waals surface area contributed by atoms with E-state index < -0.39 is 23.0 Å². The van der Waals surface area contributed by atoms with E-state index in [2.05, 4.69) is 4.98 Å². The van der Waals surface area contributed by atoms with E-state index in [1.807, 2.05) is 6.07 Å². The topological polar surface area (TPSA) is 64.3 Å². The minimum atomic E-state index is -1.16. The zero-order chi connectivity index (χ0) is 21.6. The first-order valence-corrected chi connectivity index (χ1v) is 9.95. The molecular formula is C22H18F2N2O3S. The van der Waals surface area contributed by atoms with Crippen molar-refractivity contribution in [1.29, 1.82) is 0 Å². The summed E-state index contributed by atoms with van der Waals surface area (Å²) >= 11 is 1.31. The molecule has 0 radical (unpaired) electrons. The molecule has 3 aromatic heterocycles. The highest BCUT2D eigenvalue weighted by atomic mass is 32.1. The molecule has 0 aliphatic carbocycles. The molecular weight excluding hydrogens is 410 g/mol. The number of thiophene rings is 1. The number of fused-ring (bicyclic) bond motifs is 1. The van der Waals surface area contributed by atoms with Gasteiger partial charge in [0.1, 0.15) is 10.4 Å². The number of halogens is 2. The molecule has 1 aromatic carbocycles. The lowest BCUT2D eigenvalue weighted by molar-refractivity contribution is 0.0786. The SMILES string of the molecule is Cn1cc(-c2cc(C(C)(C)O)ccc2Oc2c(F)cncc2F)c2ccsc2c1=O. The molecule has 0 aliphatic heterocycles. The van der Waals surface area contributed by atoms with E-state index in [-0.39, 0.29) is 11.3 Å². The molecule has 0 unspecified atom stereocenters. The fourth-order valence-electron chi connectivity index (χ4n) is 3.20. The Labute approximate surface area is 174 Å². The lowest BCUT2D eigenvalue weighted by Gasteiger charge is -2.21. The van der Waals surface area contributed by atoms with Crippen LogP contribution in [0.1, 0.15) is 19.4 Å². The highest BCUT2D eigenvalue weighted by Crippen LogP contribution is 2.40. The van der Waals surface area contributed by atoms with Gasteiger partial charge in [0.05, 0.1) is 18.0 Å². The van der Waals surface area contributed by atoms with E-state index in [0.717, 1.165) is 12.4 Å². The third kappa shape index (κ3) is 3.48. The van der Waals surface area contributed by atoms with Crippen LogP contribution in [0, 0.1) is 11.6 Å². The van der Waals surface area contributed by atoms with Crippen LogP contribution in [-0.2, 0) is 12.6 Å². The van der Waals surface area contributed by atoms with Gasteiger partial charge >= 0.3 is 0 Å². The maximum atomic E-state index is 14.1. The summed E-state index contributed by atoms with van der Waals surface area (Å²) in [6.07, 6.45) is 3.38. The Hall–Kier alpha value is -3.10. The van der Waals surface area contributed by atoms with E-state index in [4.69, 9.17) is 4.74 Å². The predicted molar refractivity (Wildman–Crippen MR) is 112 cm³/mol. The third-order valence-corrected chi connectivity index (χ3v) is 5.69. The van der Waals surface area contributed by atoms with Crippen LogP contribution in [0.4, 0.5) is 8.78 Å². The van der Waals surface area contributed by atoms with Crippen LogP contribution >= 0.6 is 11.3 Å². The van der Waals surface area contributed by atoms with Gasteiger partial charge in [-0.05, 0) is 43.0 Å². The summed E-state index contributed by atoms with van der Waals surface area (Å²) in [7, 11) is 1.63. The molecule has 0 bridgehead atoms. The molecule has 0 amide bonds. The van der Waals surface area contributed by atoms with Gasteiger partial charge in [-0.2, -0.15) is 0 Å². The molecule has 3 heterocycles.